The SMILES string of the molecule is C[C@H](CO)Nc1c2ccccc2nc2ccccc12. The molecular formula is C16H16N2O. The molecule has 0 aliphatic heterocycles. The zero-order valence-electron chi connectivity index (χ0n) is 10.8. The molecule has 0 aliphatic carbocycles. The summed E-state index contributed by atoms with van der Waals surface area (Å²) in [5.74, 6) is 0. The van der Waals surface area contributed by atoms with E-state index in [2.05, 4.69) is 22.4 Å². The van der Waals surface area contributed by atoms with Crippen molar-refractivity contribution in [3.05, 3.63) is 48.5 Å². The smallest absolute Gasteiger partial charge is 0.0730 e. The quantitative estimate of drug-likeness (QED) is 0.704. The number of hydrogen-bond donors (Lipinski definition) is 2. The first-order valence-corrected chi connectivity index (χ1v) is 6.44. The van der Waals surface area contributed by atoms with E-state index in [1.165, 1.54) is 0 Å². The lowest BCUT2D eigenvalue weighted by molar-refractivity contribution is 0.281. The Morgan fingerprint density at radius 3 is 2.05 bits per heavy atom. The Morgan fingerprint density at radius 1 is 1.00 bits per heavy atom. The van der Waals surface area contributed by atoms with E-state index in [1.807, 2.05) is 43.3 Å². The Hall–Kier alpha value is -2.13. The molecule has 2 N–H and O–H groups in total. The van der Waals surface area contributed by atoms with E-state index in [1.54, 1.807) is 0 Å². The molecule has 3 heteroatoms. The summed E-state index contributed by atoms with van der Waals surface area (Å²) in [6, 6.07) is 16.1. The van der Waals surface area contributed by atoms with Gasteiger partial charge in [-0.15, -0.1) is 0 Å². The van der Waals surface area contributed by atoms with E-state index < -0.39 is 0 Å². The van der Waals surface area contributed by atoms with Crippen LogP contribution in [0.25, 0.3) is 21.8 Å². The first-order valence-electron chi connectivity index (χ1n) is 6.44. The topological polar surface area (TPSA) is 45.1 Å². The van der Waals surface area contributed by atoms with E-state index in [0.717, 1.165) is 27.5 Å². The summed E-state index contributed by atoms with van der Waals surface area (Å²) in [5, 5.41) is 14.8. The molecule has 1 aromatic heterocycles. The lowest BCUT2D eigenvalue weighted by Gasteiger charge is -2.17. The van der Waals surface area contributed by atoms with Gasteiger partial charge >= 0.3 is 0 Å². The first kappa shape index (κ1) is 11.9. The van der Waals surface area contributed by atoms with Gasteiger partial charge in [0.05, 0.1) is 23.3 Å². The van der Waals surface area contributed by atoms with Crippen LogP contribution in [0.15, 0.2) is 48.5 Å². The zero-order valence-corrected chi connectivity index (χ0v) is 10.8. The summed E-state index contributed by atoms with van der Waals surface area (Å²) in [6.07, 6.45) is 0. The number of para-hydroxylation sites is 2. The van der Waals surface area contributed by atoms with E-state index >= 15 is 0 Å². The summed E-state index contributed by atoms with van der Waals surface area (Å²) in [6.45, 7) is 2.06. The summed E-state index contributed by atoms with van der Waals surface area (Å²) in [4.78, 5) is 4.67. The maximum Gasteiger partial charge on any atom is 0.0730 e. The number of aliphatic hydroxyl groups excluding tert-OH is 1. The van der Waals surface area contributed by atoms with Crippen molar-refractivity contribution in [3.63, 3.8) is 0 Å². The number of anilines is 1. The van der Waals surface area contributed by atoms with Gasteiger partial charge in [-0.1, -0.05) is 36.4 Å². The average molecular weight is 252 g/mol. The molecule has 0 aliphatic rings. The minimum absolute atomic E-state index is 0.00853. The van der Waals surface area contributed by atoms with Gasteiger partial charge in [0.1, 0.15) is 0 Å². The fourth-order valence-electron chi connectivity index (χ4n) is 2.29. The standard InChI is InChI=1S/C16H16N2O/c1-11(10-19)17-16-12-6-2-4-8-14(12)18-15-9-5-3-7-13(15)16/h2-9,11,19H,10H2,1H3,(H,17,18)/t11-/m1/s1. The second-order valence-electron chi connectivity index (χ2n) is 4.75. The highest BCUT2D eigenvalue weighted by Crippen LogP contribution is 2.30. The van der Waals surface area contributed by atoms with Gasteiger partial charge in [-0.3, -0.25) is 0 Å². The van der Waals surface area contributed by atoms with Crippen molar-refractivity contribution in [2.45, 2.75) is 13.0 Å². The molecule has 0 saturated heterocycles. The molecule has 1 heterocycles. The van der Waals surface area contributed by atoms with Crippen LogP contribution < -0.4 is 5.32 Å². The van der Waals surface area contributed by atoms with Crippen molar-refractivity contribution >= 4 is 27.5 Å². The maximum absolute atomic E-state index is 9.26. The molecule has 96 valence electrons. The molecule has 3 rings (SSSR count). The molecule has 0 saturated carbocycles. The molecule has 0 bridgehead atoms. The van der Waals surface area contributed by atoms with E-state index in [-0.39, 0.29) is 12.6 Å². The third-order valence-electron chi connectivity index (χ3n) is 3.25. The number of benzene rings is 2. The van der Waals surface area contributed by atoms with E-state index in [9.17, 15) is 5.11 Å². The van der Waals surface area contributed by atoms with Crippen LogP contribution in [0.4, 0.5) is 5.69 Å². The van der Waals surface area contributed by atoms with Crippen LogP contribution in [-0.2, 0) is 0 Å². The van der Waals surface area contributed by atoms with Crippen LogP contribution in [-0.4, -0.2) is 22.7 Å². The Kier molecular flexibility index (Phi) is 3.05. The highest BCUT2D eigenvalue weighted by Gasteiger charge is 2.10. The van der Waals surface area contributed by atoms with Gasteiger partial charge in [0, 0.05) is 16.8 Å². The Morgan fingerprint density at radius 2 is 1.53 bits per heavy atom. The molecule has 0 amide bonds. The number of nitrogens with one attached hydrogen (secondary N) is 1. The van der Waals surface area contributed by atoms with Crippen LogP contribution in [0.5, 0.6) is 0 Å². The monoisotopic (exact) mass is 252 g/mol. The van der Waals surface area contributed by atoms with Crippen molar-refractivity contribution in [2.24, 2.45) is 0 Å². The van der Waals surface area contributed by atoms with Gasteiger partial charge in [-0.2, -0.15) is 0 Å². The molecule has 0 radical (unpaired) electrons. The number of aromatic nitrogens is 1. The molecule has 2 aromatic carbocycles. The molecule has 3 aromatic rings. The minimum atomic E-state index is 0.00853. The molecule has 3 nitrogen and oxygen atoms in total. The lowest BCUT2D eigenvalue weighted by Crippen LogP contribution is -2.19. The predicted octanol–water partition coefficient (Wildman–Crippen LogP) is 3.18. The highest BCUT2D eigenvalue weighted by molar-refractivity contribution is 6.07. The van der Waals surface area contributed by atoms with E-state index in [4.69, 9.17) is 0 Å². The van der Waals surface area contributed by atoms with Gasteiger partial charge in [0.2, 0.25) is 0 Å². The number of rotatable bonds is 3. The predicted molar refractivity (Wildman–Crippen MR) is 79.4 cm³/mol. The summed E-state index contributed by atoms with van der Waals surface area (Å²) < 4.78 is 0. The Labute approximate surface area is 111 Å². The normalized spacial score (nSPS) is 12.7. The van der Waals surface area contributed by atoms with Gasteiger partial charge in [-0.05, 0) is 19.1 Å². The van der Waals surface area contributed by atoms with Crippen molar-refractivity contribution in [2.75, 3.05) is 11.9 Å². The van der Waals surface area contributed by atoms with Crippen LogP contribution in [0.3, 0.4) is 0 Å². The summed E-state index contributed by atoms with van der Waals surface area (Å²) in [5.41, 5.74) is 2.98. The van der Waals surface area contributed by atoms with Crippen LogP contribution in [0.2, 0.25) is 0 Å². The minimum Gasteiger partial charge on any atom is -0.394 e. The van der Waals surface area contributed by atoms with E-state index in [0.29, 0.717) is 0 Å². The fourth-order valence-corrected chi connectivity index (χ4v) is 2.29. The second kappa shape index (κ2) is 4.86. The second-order valence-corrected chi connectivity index (χ2v) is 4.75. The first-order chi connectivity index (χ1) is 9.29. The number of nitrogens with zero attached hydrogens (tertiary/aromatic N) is 1. The number of hydrogen-bond acceptors (Lipinski definition) is 3. The molecule has 0 unspecified atom stereocenters. The van der Waals surface area contributed by atoms with Crippen LogP contribution >= 0.6 is 0 Å². The average Bonchev–Trinajstić information content (AvgIpc) is 2.46. The molecular weight excluding hydrogens is 236 g/mol. The lowest BCUT2D eigenvalue weighted by atomic mass is 10.1. The van der Waals surface area contributed by atoms with Gasteiger partial charge in [0.25, 0.3) is 0 Å². The highest BCUT2D eigenvalue weighted by atomic mass is 16.3. The third kappa shape index (κ3) is 2.13. The van der Waals surface area contributed by atoms with Crippen LogP contribution in [0, 0.1) is 0 Å². The van der Waals surface area contributed by atoms with Crippen LogP contribution in [0.1, 0.15) is 6.92 Å². The van der Waals surface area contributed by atoms with Crippen molar-refractivity contribution in [1.82, 2.24) is 4.98 Å². The van der Waals surface area contributed by atoms with Crippen molar-refractivity contribution in [1.29, 1.82) is 0 Å². The van der Waals surface area contributed by atoms with Gasteiger partial charge in [0.15, 0.2) is 0 Å². The fraction of sp³-hybridized carbons (Fsp3) is 0.188. The van der Waals surface area contributed by atoms with Crippen molar-refractivity contribution in [3.8, 4) is 0 Å². The Bertz CT molecular complexity index is 670. The molecule has 0 fully saturated rings. The summed E-state index contributed by atoms with van der Waals surface area (Å²) >= 11 is 0. The van der Waals surface area contributed by atoms with Gasteiger partial charge in [-0.25, -0.2) is 4.98 Å². The van der Waals surface area contributed by atoms with Gasteiger partial charge < -0.3 is 10.4 Å². The maximum atomic E-state index is 9.26. The number of pyridine rings is 1. The zero-order chi connectivity index (χ0) is 13.2. The summed E-state index contributed by atoms with van der Waals surface area (Å²) in [7, 11) is 0. The molecule has 19 heavy (non-hydrogen) atoms. The van der Waals surface area contributed by atoms with Crippen molar-refractivity contribution < 1.29 is 5.11 Å². The molecule has 0 spiro atoms. The third-order valence-corrected chi connectivity index (χ3v) is 3.25. The Balaban J connectivity index is 2.33. The number of fused-ring (bicyclic) bond motifs is 2. The number of aliphatic hydroxyl groups is 1. The molecule has 1 atom stereocenters. The largest absolute Gasteiger partial charge is 0.394 e.